The number of nitrogens with one attached hydrogen (secondary N) is 2. The summed E-state index contributed by atoms with van der Waals surface area (Å²) in [6, 6.07) is 22.5. The van der Waals surface area contributed by atoms with E-state index in [0.29, 0.717) is 28.1 Å². The van der Waals surface area contributed by atoms with Crippen molar-refractivity contribution in [3.8, 4) is 5.75 Å². The van der Waals surface area contributed by atoms with Crippen LogP contribution in [0.25, 0.3) is 0 Å². The molecular formula is C40H39F2N3O8S. The summed E-state index contributed by atoms with van der Waals surface area (Å²) in [6.45, 7) is 4.49. The summed E-state index contributed by atoms with van der Waals surface area (Å²) in [5.74, 6) is -3.91. The van der Waals surface area contributed by atoms with Crippen molar-refractivity contribution in [1.82, 2.24) is 10.6 Å². The van der Waals surface area contributed by atoms with Crippen LogP contribution in [0, 0.1) is 11.6 Å². The van der Waals surface area contributed by atoms with E-state index in [1.54, 1.807) is 75.4 Å². The number of nitrogens with zero attached hydrogens (tertiary/aromatic N) is 1. The van der Waals surface area contributed by atoms with Crippen LogP contribution in [0.2, 0.25) is 0 Å². The number of carbonyl (C=O) groups is 5. The van der Waals surface area contributed by atoms with Gasteiger partial charge in [-0.25, -0.2) is 13.6 Å². The summed E-state index contributed by atoms with van der Waals surface area (Å²) in [5, 5.41) is 14.1. The monoisotopic (exact) mass is 759 g/mol. The molecule has 0 radical (unpaired) electrons. The summed E-state index contributed by atoms with van der Waals surface area (Å²) in [5.41, 5.74) is 1.25. The van der Waals surface area contributed by atoms with Gasteiger partial charge in [0.05, 0.1) is 24.0 Å². The molecule has 54 heavy (non-hydrogen) atoms. The number of halogens is 2. The SMILES string of the molecule is CC(C)(C)OC[C@H](NC(=O)[C@H](NC(=O)COc1ccc([C@@H]2[C@@H](SCC(=O)c3ccc(F)cc3)C(=O)N2c2ccc(F)cc2)cc1)c1ccccc1)C(=O)O. The quantitative estimate of drug-likeness (QED) is 0.0972. The molecule has 4 aromatic carbocycles. The van der Waals surface area contributed by atoms with E-state index in [2.05, 4.69) is 10.6 Å². The molecule has 1 aliphatic rings. The van der Waals surface area contributed by atoms with Gasteiger partial charge in [0.1, 0.15) is 28.7 Å². The van der Waals surface area contributed by atoms with Crippen LogP contribution in [-0.4, -0.2) is 70.4 Å². The Bertz CT molecular complexity index is 1960. The Balaban J connectivity index is 1.25. The number of thioether (sulfide) groups is 1. The lowest BCUT2D eigenvalue weighted by atomic mass is 9.92. The lowest BCUT2D eigenvalue weighted by Gasteiger charge is -2.47. The van der Waals surface area contributed by atoms with Crippen molar-refractivity contribution >= 4 is 46.9 Å². The topological polar surface area (TPSA) is 151 Å². The summed E-state index contributed by atoms with van der Waals surface area (Å²) >= 11 is 1.15. The molecule has 0 aliphatic carbocycles. The highest BCUT2D eigenvalue weighted by Gasteiger charge is 2.49. The van der Waals surface area contributed by atoms with Gasteiger partial charge in [-0.1, -0.05) is 42.5 Å². The maximum atomic E-state index is 13.7. The number of carbonyl (C=O) groups excluding carboxylic acids is 4. The van der Waals surface area contributed by atoms with Crippen molar-refractivity contribution < 1.29 is 47.3 Å². The molecule has 282 valence electrons. The fraction of sp³-hybridized carbons (Fsp3) is 0.275. The molecular weight excluding hydrogens is 721 g/mol. The van der Waals surface area contributed by atoms with Gasteiger partial charge in [-0.2, -0.15) is 0 Å². The number of hydrogen-bond acceptors (Lipinski definition) is 8. The van der Waals surface area contributed by atoms with Crippen LogP contribution in [0.3, 0.4) is 0 Å². The van der Waals surface area contributed by atoms with Crippen LogP contribution in [0.4, 0.5) is 14.5 Å². The van der Waals surface area contributed by atoms with Gasteiger partial charge in [0.25, 0.3) is 5.91 Å². The standard InChI is InChI=1S/C40H39F2N3O8S/c1-40(2,3)53-21-31(39(50)51)43-37(48)34(25-7-5-4-6-8-25)44-33(47)22-52-30-19-11-26(12-20-30)35-36(38(49)45(35)29-17-15-28(42)16-18-29)54-23-32(46)24-9-13-27(41)14-10-24/h4-20,31,34-36H,21-23H2,1-3H3,(H,43,48)(H,44,47)(H,50,51)/t31-,34+,35+,36+/m0/s1. The highest BCUT2D eigenvalue weighted by atomic mass is 32.2. The number of anilines is 1. The normalized spacial score (nSPS) is 16.5. The van der Waals surface area contributed by atoms with Crippen molar-refractivity contribution in [2.24, 2.45) is 0 Å². The molecule has 14 heteroatoms. The largest absolute Gasteiger partial charge is 0.484 e. The lowest BCUT2D eigenvalue weighted by Crippen LogP contribution is -2.57. The average molecular weight is 760 g/mol. The van der Waals surface area contributed by atoms with E-state index in [9.17, 15) is 37.9 Å². The second-order valence-electron chi connectivity index (χ2n) is 13.4. The predicted molar refractivity (Wildman–Crippen MR) is 198 cm³/mol. The maximum Gasteiger partial charge on any atom is 0.328 e. The summed E-state index contributed by atoms with van der Waals surface area (Å²) in [6.07, 6.45) is 0. The van der Waals surface area contributed by atoms with E-state index >= 15 is 0 Å². The predicted octanol–water partition coefficient (Wildman–Crippen LogP) is 5.66. The van der Waals surface area contributed by atoms with Crippen LogP contribution in [0.1, 0.15) is 54.3 Å². The number of rotatable bonds is 16. The molecule has 4 aromatic rings. The lowest BCUT2D eigenvalue weighted by molar-refractivity contribution is -0.145. The summed E-state index contributed by atoms with van der Waals surface area (Å²) in [7, 11) is 0. The van der Waals surface area contributed by atoms with Crippen LogP contribution in [0.5, 0.6) is 5.75 Å². The molecule has 11 nitrogen and oxygen atoms in total. The molecule has 4 atom stereocenters. The first-order chi connectivity index (χ1) is 25.7. The fourth-order valence-electron chi connectivity index (χ4n) is 5.54. The number of Topliss-reactive ketones (excluding diaryl/α,β-unsaturated/α-hetero) is 1. The smallest absolute Gasteiger partial charge is 0.328 e. The van der Waals surface area contributed by atoms with Crippen LogP contribution in [0.15, 0.2) is 103 Å². The highest BCUT2D eigenvalue weighted by molar-refractivity contribution is 8.01. The van der Waals surface area contributed by atoms with Gasteiger partial charge in [0, 0.05) is 11.3 Å². The average Bonchev–Trinajstić information content (AvgIpc) is 3.14. The minimum absolute atomic E-state index is 0.0320. The Morgan fingerprint density at radius 2 is 1.46 bits per heavy atom. The molecule has 5 rings (SSSR count). The second-order valence-corrected chi connectivity index (χ2v) is 14.5. The van der Waals surface area contributed by atoms with Gasteiger partial charge in [0.2, 0.25) is 11.8 Å². The molecule has 1 saturated heterocycles. The van der Waals surface area contributed by atoms with Gasteiger partial charge in [-0.3, -0.25) is 19.2 Å². The third-order valence-electron chi connectivity index (χ3n) is 8.30. The van der Waals surface area contributed by atoms with E-state index in [-0.39, 0.29) is 24.1 Å². The number of hydrogen-bond donors (Lipinski definition) is 3. The minimum atomic E-state index is -1.37. The van der Waals surface area contributed by atoms with Crippen LogP contribution < -0.4 is 20.3 Å². The molecule has 0 saturated carbocycles. The minimum Gasteiger partial charge on any atom is -0.484 e. The van der Waals surface area contributed by atoms with Gasteiger partial charge in [-0.05, 0) is 92.6 Å². The molecule has 0 unspecified atom stereocenters. The number of amides is 3. The van der Waals surface area contributed by atoms with Crippen molar-refractivity contribution in [2.75, 3.05) is 23.9 Å². The Hall–Kier alpha value is -5.60. The number of carboxylic acid groups (broad SMARTS) is 1. The third kappa shape index (κ3) is 10.3. The first-order valence-corrected chi connectivity index (χ1v) is 18.0. The highest BCUT2D eigenvalue weighted by Crippen LogP contribution is 2.45. The van der Waals surface area contributed by atoms with Crippen molar-refractivity contribution in [3.63, 3.8) is 0 Å². The van der Waals surface area contributed by atoms with Crippen molar-refractivity contribution in [1.29, 1.82) is 0 Å². The van der Waals surface area contributed by atoms with Crippen LogP contribution >= 0.6 is 11.8 Å². The Morgan fingerprint density at radius 1 is 0.852 bits per heavy atom. The number of benzene rings is 4. The number of ether oxygens (including phenoxy) is 2. The fourth-order valence-corrected chi connectivity index (χ4v) is 6.76. The molecule has 1 fully saturated rings. The zero-order valence-electron chi connectivity index (χ0n) is 29.7. The zero-order valence-corrected chi connectivity index (χ0v) is 30.5. The number of β-lactam (4-membered cyclic amide) rings is 1. The summed E-state index contributed by atoms with van der Waals surface area (Å²) < 4.78 is 38.4. The summed E-state index contributed by atoms with van der Waals surface area (Å²) in [4.78, 5) is 66.0. The zero-order chi connectivity index (χ0) is 39.0. The van der Waals surface area contributed by atoms with Crippen molar-refractivity contribution in [3.05, 3.63) is 131 Å². The van der Waals surface area contributed by atoms with Gasteiger partial charge >= 0.3 is 5.97 Å². The second kappa shape index (κ2) is 17.5. The molecule has 0 aromatic heterocycles. The molecule has 3 amide bonds. The molecule has 0 spiro atoms. The first-order valence-electron chi connectivity index (χ1n) is 16.9. The molecule has 1 aliphatic heterocycles. The first kappa shape index (κ1) is 39.6. The van der Waals surface area contributed by atoms with E-state index in [0.717, 1.165) is 11.8 Å². The Morgan fingerprint density at radius 3 is 2.06 bits per heavy atom. The van der Waals surface area contributed by atoms with E-state index in [1.807, 2.05) is 0 Å². The number of ketones is 1. The van der Waals surface area contributed by atoms with E-state index in [4.69, 9.17) is 9.47 Å². The van der Waals surface area contributed by atoms with Crippen molar-refractivity contribution in [2.45, 2.75) is 49.7 Å². The van der Waals surface area contributed by atoms with Gasteiger partial charge in [0.15, 0.2) is 18.4 Å². The third-order valence-corrected chi connectivity index (χ3v) is 9.55. The molecule has 3 N–H and O–H groups in total. The molecule has 0 bridgehead atoms. The van der Waals surface area contributed by atoms with Gasteiger partial charge < -0.3 is 30.1 Å². The Kier molecular flexibility index (Phi) is 12.8. The number of aliphatic carboxylic acids is 1. The Labute approximate surface area is 315 Å². The molecule has 1 heterocycles. The maximum absolute atomic E-state index is 13.7. The van der Waals surface area contributed by atoms with Gasteiger partial charge in [-0.15, -0.1) is 11.8 Å². The van der Waals surface area contributed by atoms with E-state index < -0.39 is 65.0 Å². The van der Waals surface area contributed by atoms with E-state index in [1.165, 1.54) is 53.4 Å². The van der Waals surface area contributed by atoms with Crippen LogP contribution in [-0.2, 0) is 23.9 Å². The number of carboxylic acids is 1.